The second-order valence-electron chi connectivity index (χ2n) is 8.97. The molecule has 1 amide bonds. The van der Waals surface area contributed by atoms with Gasteiger partial charge in [0.1, 0.15) is 5.82 Å². The van der Waals surface area contributed by atoms with Crippen molar-refractivity contribution in [1.29, 1.82) is 0 Å². The van der Waals surface area contributed by atoms with Crippen LogP contribution in [0.15, 0.2) is 48.7 Å². The van der Waals surface area contributed by atoms with Gasteiger partial charge in [-0.3, -0.25) is 4.79 Å². The fourth-order valence-electron chi connectivity index (χ4n) is 4.61. The van der Waals surface area contributed by atoms with Gasteiger partial charge < -0.3 is 10.2 Å². The number of hydrogen-bond acceptors (Lipinski definition) is 3. The molecule has 1 unspecified atom stereocenters. The Morgan fingerprint density at radius 1 is 1.12 bits per heavy atom. The SMILES string of the molecule is CC(F)(F)C(=O)N[C@@H]1CCN(c2ccc3c(cnn3-c3ccc(F)cc3)c2)C1CC1CC1. The molecule has 2 atom stereocenters. The molecule has 2 fully saturated rings. The fraction of sp³-hybridized carbons (Fsp3) is 0.417. The molecule has 5 nitrogen and oxygen atoms in total. The number of carbonyl (C=O) groups is 1. The summed E-state index contributed by atoms with van der Waals surface area (Å²) in [5.41, 5.74) is 2.65. The number of aromatic nitrogens is 2. The lowest BCUT2D eigenvalue weighted by molar-refractivity contribution is -0.143. The van der Waals surface area contributed by atoms with Gasteiger partial charge in [-0.25, -0.2) is 9.07 Å². The Bertz CT molecular complexity index is 1130. The minimum Gasteiger partial charge on any atom is -0.366 e. The van der Waals surface area contributed by atoms with E-state index in [0.29, 0.717) is 25.8 Å². The third kappa shape index (κ3) is 4.06. The molecule has 5 rings (SSSR count). The minimum atomic E-state index is -3.38. The number of hydrogen-bond donors (Lipinski definition) is 1. The number of nitrogens with zero attached hydrogens (tertiary/aromatic N) is 3. The molecule has 168 valence electrons. The molecule has 1 aromatic heterocycles. The molecular weight excluding hydrogens is 417 g/mol. The number of benzene rings is 2. The van der Waals surface area contributed by atoms with Crippen molar-refractivity contribution in [3.63, 3.8) is 0 Å². The molecule has 1 saturated heterocycles. The molecule has 1 N–H and O–H groups in total. The van der Waals surface area contributed by atoms with Crippen LogP contribution in [0.5, 0.6) is 0 Å². The van der Waals surface area contributed by atoms with Gasteiger partial charge >= 0.3 is 5.92 Å². The van der Waals surface area contributed by atoms with Gasteiger partial charge in [-0.2, -0.15) is 13.9 Å². The van der Waals surface area contributed by atoms with E-state index < -0.39 is 11.8 Å². The number of anilines is 1. The zero-order valence-corrected chi connectivity index (χ0v) is 17.8. The summed E-state index contributed by atoms with van der Waals surface area (Å²) in [6, 6.07) is 11.9. The van der Waals surface area contributed by atoms with Crippen molar-refractivity contribution in [2.24, 2.45) is 5.92 Å². The molecule has 3 aromatic rings. The standard InChI is InChI=1S/C24H25F3N4O/c1-24(26,27)23(32)29-20-10-11-30(22(20)12-15-2-3-15)19-8-9-21-16(13-19)14-28-31(21)18-6-4-17(25)5-7-18/h4-9,13-15,20,22H,2-3,10-12H2,1H3,(H,29,32)/t20-,22?/m1/s1. The summed E-state index contributed by atoms with van der Waals surface area (Å²) in [5, 5.41) is 7.98. The Kier molecular flexibility index (Phi) is 5.10. The van der Waals surface area contributed by atoms with Crippen LogP contribution < -0.4 is 10.2 Å². The molecule has 2 aromatic carbocycles. The van der Waals surface area contributed by atoms with E-state index in [9.17, 15) is 18.0 Å². The van der Waals surface area contributed by atoms with Crippen LogP contribution in [0, 0.1) is 11.7 Å². The maximum absolute atomic E-state index is 13.5. The summed E-state index contributed by atoms with van der Waals surface area (Å²) in [6.45, 7) is 1.33. The molecule has 2 aliphatic rings. The van der Waals surface area contributed by atoms with E-state index in [-0.39, 0.29) is 17.9 Å². The molecule has 1 aliphatic heterocycles. The highest BCUT2D eigenvalue weighted by Crippen LogP contribution is 2.39. The lowest BCUT2D eigenvalue weighted by atomic mass is 10.0. The van der Waals surface area contributed by atoms with Crippen molar-refractivity contribution in [1.82, 2.24) is 15.1 Å². The predicted molar refractivity (Wildman–Crippen MR) is 117 cm³/mol. The molecule has 2 heterocycles. The summed E-state index contributed by atoms with van der Waals surface area (Å²) in [5.74, 6) is -4.30. The molecule has 0 spiro atoms. The maximum atomic E-state index is 13.5. The summed E-state index contributed by atoms with van der Waals surface area (Å²) in [6.07, 6.45) is 5.58. The van der Waals surface area contributed by atoms with E-state index in [1.54, 1.807) is 23.0 Å². The normalized spacial score (nSPS) is 21.3. The number of fused-ring (bicyclic) bond motifs is 1. The second-order valence-corrected chi connectivity index (χ2v) is 8.97. The number of nitrogens with one attached hydrogen (secondary N) is 1. The Labute approximate surface area is 184 Å². The average Bonchev–Trinajstić information content (AvgIpc) is 3.34. The molecule has 0 radical (unpaired) electrons. The summed E-state index contributed by atoms with van der Waals surface area (Å²) in [4.78, 5) is 14.2. The first kappa shape index (κ1) is 20.8. The first-order valence-electron chi connectivity index (χ1n) is 11.0. The van der Waals surface area contributed by atoms with Gasteiger partial charge in [-0.05, 0) is 61.2 Å². The minimum absolute atomic E-state index is 0.0154. The highest BCUT2D eigenvalue weighted by molar-refractivity contribution is 5.85. The van der Waals surface area contributed by atoms with E-state index in [0.717, 1.165) is 41.5 Å². The number of carbonyl (C=O) groups excluding carboxylic acids is 1. The highest BCUT2D eigenvalue weighted by atomic mass is 19.3. The Hall–Kier alpha value is -3.03. The highest BCUT2D eigenvalue weighted by Gasteiger charge is 2.42. The van der Waals surface area contributed by atoms with E-state index in [1.165, 1.54) is 12.1 Å². The summed E-state index contributed by atoms with van der Waals surface area (Å²) < 4.78 is 42.0. The third-order valence-electron chi connectivity index (χ3n) is 6.49. The van der Waals surface area contributed by atoms with Crippen LogP contribution in [0.2, 0.25) is 0 Å². The molecule has 1 saturated carbocycles. The zero-order valence-electron chi connectivity index (χ0n) is 17.8. The van der Waals surface area contributed by atoms with E-state index in [1.807, 2.05) is 18.2 Å². The van der Waals surface area contributed by atoms with Gasteiger partial charge in [-0.15, -0.1) is 0 Å². The van der Waals surface area contributed by atoms with Crippen LogP contribution in [0.4, 0.5) is 18.9 Å². The van der Waals surface area contributed by atoms with Gasteiger partial charge in [0.25, 0.3) is 5.91 Å². The van der Waals surface area contributed by atoms with Crippen molar-refractivity contribution < 1.29 is 18.0 Å². The van der Waals surface area contributed by atoms with Gasteiger partial charge in [0.05, 0.1) is 23.4 Å². The van der Waals surface area contributed by atoms with Crippen LogP contribution >= 0.6 is 0 Å². The van der Waals surface area contributed by atoms with Crippen LogP contribution in [0.3, 0.4) is 0 Å². The zero-order chi connectivity index (χ0) is 22.5. The molecule has 1 aliphatic carbocycles. The molecule has 32 heavy (non-hydrogen) atoms. The van der Waals surface area contributed by atoms with Crippen molar-refractivity contribution in [2.45, 2.75) is 50.6 Å². The van der Waals surface area contributed by atoms with Crippen LogP contribution in [-0.2, 0) is 4.79 Å². The monoisotopic (exact) mass is 442 g/mol. The quantitative estimate of drug-likeness (QED) is 0.603. The number of alkyl halides is 2. The summed E-state index contributed by atoms with van der Waals surface area (Å²) >= 11 is 0. The topological polar surface area (TPSA) is 50.2 Å². The summed E-state index contributed by atoms with van der Waals surface area (Å²) in [7, 11) is 0. The van der Waals surface area contributed by atoms with Gasteiger partial charge in [-0.1, -0.05) is 12.8 Å². The average molecular weight is 442 g/mol. The van der Waals surface area contributed by atoms with Crippen molar-refractivity contribution in [3.8, 4) is 5.69 Å². The third-order valence-corrected chi connectivity index (χ3v) is 6.49. The molecule has 0 bridgehead atoms. The first-order chi connectivity index (χ1) is 15.3. The largest absolute Gasteiger partial charge is 0.366 e. The number of amides is 1. The number of rotatable bonds is 6. The Balaban J connectivity index is 1.41. The van der Waals surface area contributed by atoms with Crippen molar-refractivity contribution >= 4 is 22.5 Å². The smallest absolute Gasteiger partial charge is 0.321 e. The van der Waals surface area contributed by atoms with Gasteiger partial charge in [0.15, 0.2) is 0 Å². The molecular formula is C24H25F3N4O. The van der Waals surface area contributed by atoms with Crippen LogP contribution in [0.1, 0.15) is 32.6 Å². The van der Waals surface area contributed by atoms with Crippen LogP contribution in [0.25, 0.3) is 16.6 Å². The molecule has 8 heteroatoms. The van der Waals surface area contributed by atoms with E-state index in [4.69, 9.17) is 0 Å². The van der Waals surface area contributed by atoms with E-state index >= 15 is 0 Å². The Morgan fingerprint density at radius 3 is 2.53 bits per heavy atom. The predicted octanol–water partition coefficient (Wildman–Crippen LogP) is 4.68. The fourth-order valence-corrected chi connectivity index (χ4v) is 4.61. The van der Waals surface area contributed by atoms with Crippen LogP contribution in [-0.4, -0.2) is 40.2 Å². The Morgan fingerprint density at radius 2 is 1.84 bits per heavy atom. The second kappa shape index (κ2) is 7.83. The van der Waals surface area contributed by atoms with E-state index in [2.05, 4.69) is 15.3 Å². The first-order valence-corrected chi connectivity index (χ1v) is 11.0. The maximum Gasteiger partial charge on any atom is 0.321 e. The van der Waals surface area contributed by atoms with Gasteiger partial charge in [0.2, 0.25) is 0 Å². The lowest BCUT2D eigenvalue weighted by Gasteiger charge is -2.31. The van der Waals surface area contributed by atoms with Gasteiger partial charge in [0, 0.05) is 30.6 Å². The lowest BCUT2D eigenvalue weighted by Crippen LogP contribution is -2.49. The number of halogens is 3. The van der Waals surface area contributed by atoms with Crippen molar-refractivity contribution in [3.05, 3.63) is 54.5 Å². The van der Waals surface area contributed by atoms with Crippen molar-refractivity contribution in [2.75, 3.05) is 11.4 Å².